The molecule has 3 aromatic rings. The predicted molar refractivity (Wildman–Crippen MR) is 83.3 cm³/mol. The van der Waals surface area contributed by atoms with Gasteiger partial charge in [0.1, 0.15) is 10.7 Å². The Morgan fingerprint density at radius 1 is 1.16 bits per heavy atom. The molecule has 2 aromatic heterocycles. The van der Waals surface area contributed by atoms with Crippen molar-refractivity contribution in [1.29, 1.82) is 0 Å². The second kappa shape index (κ2) is 5.28. The van der Waals surface area contributed by atoms with Gasteiger partial charge in [0.05, 0.1) is 15.9 Å². The summed E-state index contributed by atoms with van der Waals surface area (Å²) in [4.78, 5) is 9.27. The second-order valence-corrected chi connectivity index (χ2v) is 6.44. The van der Waals surface area contributed by atoms with Gasteiger partial charge in [-0.2, -0.15) is 0 Å². The zero-order valence-electron chi connectivity index (χ0n) is 9.55. The van der Waals surface area contributed by atoms with E-state index in [1.54, 1.807) is 11.7 Å². The van der Waals surface area contributed by atoms with Crippen LogP contribution in [0.4, 0.5) is 0 Å². The first-order valence-corrected chi connectivity index (χ1v) is 7.95. The highest BCUT2D eigenvalue weighted by Gasteiger charge is 2.19. The summed E-state index contributed by atoms with van der Waals surface area (Å²) in [5, 5.41) is 11.5. The van der Waals surface area contributed by atoms with E-state index in [-0.39, 0.29) is 0 Å². The van der Waals surface area contributed by atoms with E-state index in [1.165, 1.54) is 11.3 Å². The molecule has 0 fully saturated rings. The maximum atomic E-state index is 10.5. The number of halogens is 2. The third-order valence-corrected chi connectivity index (χ3v) is 5.31. The number of pyridine rings is 1. The Bertz CT molecular complexity index is 744. The highest BCUT2D eigenvalue weighted by molar-refractivity contribution is 9.10. The zero-order chi connectivity index (χ0) is 13.4. The molecule has 3 rings (SSSR count). The average Bonchev–Trinajstić information content (AvgIpc) is 2.85. The fourth-order valence-electron chi connectivity index (χ4n) is 1.94. The van der Waals surface area contributed by atoms with E-state index in [1.807, 2.05) is 24.3 Å². The van der Waals surface area contributed by atoms with Crippen LogP contribution in [-0.4, -0.2) is 15.1 Å². The van der Waals surface area contributed by atoms with Gasteiger partial charge in [-0.05, 0) is 28.1 Å². The number of hydrogen-bond donors (Lipinski definition) is 1. The molecule has 1 unspecified atom stereocenters. The molecular weight excluding hydrogens is 392 g/mol. The van der Waals surface area contributed by atoms with Gasteiger partial charge >= 0.3 is 0 Å². The van der Waals surface area contributed by atoms with Gasteiger partial charge in [0.2, 0.25) is 0 Å². The fraction of sp³-hybridized carbons (Fsp3) is 0.0769. The molecule has 0 amide bonds. The molecule has 96 valence electrons. The normalized spacial score (nSPS) is 12.8. The molecule has 0 saturated carbocycles. The number of hydrogen-bond acceptors (Lipinski definition) is 4. The molecule has 1 aromatic carbocycles. The Kier molecular flexibility index (Phi) is 3.66. The van der Waals surface area contributed by atoms with Crippen molar-refractivity contribution in [3.8, 4) is 0 Å². The molecule has 6 heteroatoms. The summed E-state index contributed by atoms with van der Waals surface area (Å²) in [5.74, 6) is 0. The van der Waals surface area contributed by atoms with Crippen LogP contribution in [0.1, 0.15) is 16.5 Å². The van der Waals surface area contributed by atoms with Gasteiger partial charge in [-0.3, -0.25) is 4.98 Å². The molecular formula is C13H8Br2N2OS. The third kappa shape index (κ3) is 2.33. The smallest absolute Gasteiger partial charge is 0.123 e. The Hall–Kier alpha value is -0.820. The molecule has 0 aliphatic heterocycles. The van der Waals surface area contributed by atoms with Crippen LogP contribution in [0.15, 0.2) is 45.0 Å². The molecule has 0 radical (unpaired) electrons. The van der Waals surface area contributed by atoms with Crippen molar-refractivity contribution in [3.05, 3.63) is 55.5 Å². The van der Waals surface area contributed by atoms with Gasteiger partial charge < -0.3 is 5.11 Å². The molecule has 0 aliphatic carbocycles. The van der Waals surface area contributed by atoms with E-state index in [4.69, 9.17) is 0 Å². The zero-order valence-corrected chi connectivity index (χ0v) is 13.5. The number of aliphatic hydroxyl groups is 1. The van der Waals surface area contributed by atoms with Crippen molar-refractivity contribution in [2.45, 2.75) is 6.10 Å². The first-order valence-electron chi connectivity index (χ1n) is 5.48. The van der Waals surface area contributed by atoms with Crippen molar-refractivity contribution < 1.29 is 5.11 Å². The van der Waals surface area contributed by atoms with Crippen LogP contribution in [0.25, 0.3) is 10.9 Å². The SMILES string of the molecule is OC(c1scnc1Br)c1ccc(Br)c2cccnc12. The van der Waals surface area contributed by atoms with E-state index >= 15 is 0 Å². The summed E-state index contributed by atoms with van der Waals surface area (Å²) >= 11 is 8.27. The lowest BCUT2D eigenvalue weighted by molar-refractivity contribution is 0.224. The summed E-state index contributed by atoms with van der Waals surface area (Å²) in [6, 6.07) is 7.67. The number of thiazole rings is 1. The van der Waals surface area contributed by atoms with E-state index in [9.17, 15) is 5.11 Å². The van der Waals surface area contributed by atoms with E-state index < -0.39 is 6.10 Å². The number of fused-ring (bicyclic) bond motifs is 1. The number of aliphatic hydroxyl groups excluding tert-OH is 1. The molecule has 1 N–H and O–H groups in total. The highest BCUT2D eigenvalue weighted by atomic mass is 79.9. The molecule has 2 heterocycles. The molecule has 0 spiro atoms. The summed E-state index contributed by atoms with van der Waals surface area (Å²) < 4.78 is 1.65. The van der Waals surface area contributed by atoms with Gasteiger partial charge in [-0.1, -0.05) is 28.1 Å². The van der Waals surface area contributed by atoms with E-state index in [2.05, 4.69) is 41.8 Å². The predicted octanol–water partition coefficient (Wildman–Crippen LogP) is 4.30. The van der Waals surface area contributed by atoms with Crippen LogP contribution < -0.4 is 0 Å². The standard InChI is InChI=1S/C13H8Br2N2OS/c14-9-4-3-8(10-7(9)2-1-5-16-10)11(18)12-13(15)17-6-19-12/h1-6,11,18H. The van der Waals surface area contributed by atoms with Gasteiger partial charge in [0.15, 0.2) is 0 Å². The molecule has 1 atom stereocenters. The lowest BCUT2D eigenvalue weighted by Crippen LogP contribution is -2.00. The molecule has 0 bridgehead atoms. The summed E-state index contributed by atoms with van der Waals surface area (Å²) in [5.41, 5.74) is 3.28. The molecule has 19 heavy (non-hydrogen) atoms. The van der Waals surface area contributed by atoms with Crippen LogP contribution in [0.5, 0.6) is 0 Å². The van der Waals surface area contributed by atoms with Gasteiger partial charge in [-0.15, -0.1) is 11.3 Å². The lowest BCUT2D eigenvalue weighted by atomic mass is 10.0. The minimum absolute atomic E-state index is 0.678. The second-order valence-electron chi connectivity index (χ2n) is 3.95. The van der Waals surface area contributed by atoms with Crippen molar-refractivity contribution in [2.75, 3.05) is 0 Å². The number of benzene rings is 1. The summed E-state index contributed by atoms with van der Waals surface area (Å²) in [7, 11) is 0. The van der Waals surface area contributed by atoms with Crippen molar-refractivity contribution in [3.63, 3.8) is 0 Å². The van der Waals surface area contributed by atoms with Gasteiger partial charge in [-0.25, -0.2) is 4.98 Å². The number of aromatic nitrogens is 2. The van der Waals surface area contributed by atoms with Gasteiger partial charge in [0.25, 0.3) is 0 Å². The van der Waals surface area contributed by atoms with Crippen LogP contribution in [0.3, 0.4) is 0 Å². The number of rotatable bonds is 2. The monoisotopic (exact) mass is 398 g/mol. The van der Waals surface area contributed by atoms with Crippen LogP contribution in [-0.2, 0) is 0 Å². The summed E-state index contributed by atoms with van der Waals surface area (Å²) in [6.07, 6.45) is 1.000. The minimum Gasteiger partial charge on any atom is -0.383 e. The van der Waals surface area contributed by atoms with Crippen LogP contribution in [0, 0.1) is 0 Å². The minimum atomic E-state index is -0.729. The van der Waals surface area contributed by atoms with Crippen molar-refractivity contribution in [1.82, 2.24) is 9.97 Å². The Morgan fingerprint density at radius 2 is 2.00 bits per heavy atom. The maximum Gasteiger partial charge on any atom is 0.123 e. The Balaban J connectivity index is 2.21. The fourth-order valence-corrected chi connectivity index (χ4v) is 3.81. The molecule has 0 aliphatic rings. The van der Waals surface area contributed by atoms with Crippen molar-refractivity contribution in [2.24, 2.45) is 0 Å². The lowest BCUT2D eigenvalue weighted by Gasteiger charge is -2.12. The largest absolute Gasteiger partial charge is 0.383 e. The van der Waals surface area contributed by atoms with E-state index in [0.29, 0.717) is 4.60 Å². The van der Waals surface area contributed by atoms with Crippen molar-refractivity contribution >= 4 is 54.1 Å². The molecule has 3 nitrogen and oxygen atoms in total. The Labute approximate surface area is 130 Å². The summed E-state index contributed by atoms with van der Waals surface area (Å²) in [6.45, 7) is 0. The first-order chi connectivity index (χ1) is 9.18. The van der Waals surface area contributed by atoms with Gasteiger partial charge in [0, 0.05) is 21.6 Å². The highest BCUT2D eigenvalue weighted by Crippen LogP contribution is 2.35. The Morgan fingerprint density at radius 3 is 2.74 bits per heavy atom. The third-order valence-electron chi connectivity index (χ3n) is 2.84. The maximum absolute atomic E-state index is 10.5. The van der Waals surface area contributed by atoms with E-state index in [0.717, 1.165) is 25.8 Å². The average molecular weight is 400 g/mol. The topological polar surface area (TPSA) is 46.0 Å². The molecule has 0 saturated heterocycles. The van der Waals surface area contributed by atoms with Crippen LogP contribution in [0.2, 0.25) is 0 Å². The number of nitrogens with zero attached hydrogens (tertiary/aromatic N) is 2. The first kappa shape index (κ1) is 13.2. The quantitative estimate of drug-likeness (QED) is 0.698. The van der Waals surface area contributed by atoms with Crippen LogP contribution >= 0.6 is 43.2 Å².